The van der Waals surface area contributed by atoms with Crippen LogP contribution < -0.4 is 0 Å². The quantitative estimate of drug-likeness (QED) is 0.838. The minimum absolute atomic E-state index is 0.0970. The van der Waals surface area contributed by atoms with Gasteiger partial charge in [0.2, 0.25) is 0 Å². The van der Waals surface area contributed by atoms with E-state index in [1.54, 1.807) is 4.90 Å². The highest BCUT2D eigenvalue weighted by molar-refractivity contribution is 5.92. The molecule has 1 aromatic rings. The molecule has 2 heterocycles. The van der Waals surface area contributed by atoms with Crippen LogP contribution in [0, 0.1) is 0 Å². The number of carbonyl (C=O) groups is 2. The molecule has 21 heavy (non-hydrogen) atoms. The van der Waals surface area contributed by atoms with Gasteiger partial charge in [0.1, 0.15) is 6.54 Å². The average Bonchev–Trinajstić information content (AvgIpc) is 2.84. The molecule has 1 amide bonds. The molecular formula is C13H21N5O3. The molecule has 1 saturated heterocycles. The van der Waals surface area contributed by atoms with E-state index in [9.17, 15) is 9.59 Å². The lowest BCUT2D eigenvalue weighted by atomic mass is 10.0. The van der Waals surface area contributed by atoms with Crippen LogP contribution in [0.5, 0.6) is 0 Å². The Labute approximate surface area is 123 Å². The molecule has 0 bridgehead atoms. The summed E-state index contributed by atoms with van der Waals surface area (Å²) in [5.74, 6) is -1.21. The van der Waals surface area contributed by atoms with Crippen molar-refractivity contribution in [2.45, 2.75) is 32.9 Å². The summed E-state index contributed by atoms with van der Waals surface area (Å²) in [4.78, 5) is 27.0. The molecule has 116 valence electrons. The number of amides is 1. The van der Waals surface area contributed by atoms with Crippen LogP contribution >= 0.6 is 0 Å². The second-order valence-corrected chi connectivity index (χ2v) is 6.15. The van der Waals surface area contributed by atoms with Crippen molar-refractivity contribution >= 4 is 11.9 Å². The smallest absolute Gasteiger partial charge is 0.325 e. The number of carbonyl (C=O) groups excluding carboxylic acids is 1. The van der Waals surface area contributed by atoms with Crippen LogP contribution in [0.2, 0.25) is 0 Å². The maximum Gasteiger partial charge on any atom is 0.325 e. The van der Waals surface area contributed by atoms with Gasteiger partial charge in [0.05, 0.1) is 6.20 Å². The average molecular weight is 295 g/mol. The third-order valence-electron chi connectivity index (χ3n) is 3.57. The van der Waals surface area contributed by atoms with Gasteiger partial charge in [0.15, 0.2) is 5.69 Å². The number of aliphatic carboxylic acids is 1. The van der Waals surface area contributed by atoms with Crippen molar-refractivity contribution in [3.8, 4) is 0 Å². The van der Waals surface area contributed by atoms with E-state index in [0.717, 1.165) is 17.8 Å². The van der Waals surface area contributed by atoms with Gasteiger partial charge in [-0.1, -0.05) is 5.21 Å². The SMILES string of the molecule is CC(C)(C)N1CCN(C(=O)c2cn(CC(=O)O)nn2)CC1. The Kier molecular flexibility index (Phi) is 4.26. The first kappa shape index (κ1) is 15.4. The minimum atomic E-state index is -1.02. The van der Waals surface area contributed by atoms with E-state index in [0.29, 0.717) is 13.1 Å². The first-order valence-corrected chi connectivity index (χ1v) is 6.93. The van der Waals surface area contributed by atoms with Gasteiger partial charge < -0.3 is 10.0 Å². The second kappa shape index (κ2) is 5.80. The van der Waals surface area contributed by atoms with Crippen molar-refractivity contribution in [2.75, 3.05) is 26.2 Å². The fraction of sp³-hybridized carbons (Fsp3) is 0.692. The monoisotopic (exact) mass is 295 g/mol. The van der Waals surface area contributed by atoms with Gasteiger partial charge in [-0.3, -0.25) is 14.5 Å². The van der Waals surface area contributed by atoms with Crippen molar-refractivity contribution in [1.82, 2.24) is 24.8 Å². The van der Waals surface area contributed by atoms with E-state index in [2.05, 4.69) is 36.0 Å². The van der Waals surface area contributed by atoms with E-state index in [1.807, 2.05) is 0 Å². The molecule has 1 fully saturated rings. The van der Waals surface area contributed by atoms with Crippen molar-refractivity contribution in [3.05, 3.63) is 11.9 Å². The normalized spacial score (nSPS) is 17.0. The van der Waals surface area contributed by atoms with E-state index in [1.165, 1.54) is 6.20 Å². The fourth-order valence-corrected chi connectivity index (χ4v) is 2.35. The molecule has 8 heteroatoms. The minimum Gasteiger partial charge on any atom is -0.480 e. The molecule has 1 aliphatic rings. The molecule has 0 aliphatic carbocycles. The van der Waals surface area contributed by atoms with Crippen molar-refractivity contribution in [3.63, 3.8) is 0 Å². The van der Waals surface area contributed by atoms with Gasteiger partial charge in [-0.15, -0.1) is 5.10 Å². The van der Waals surface area contributed by atoms with Crippen LogP contribution in [0.3, 0.4) is 0 Å². The first-order chi connectivity index (χ1) is 9.77. The number of aromatic nitrogens is 3. The molecule has 1 aromatic heterocycles. The molecule has 0 radical (unpaired) electrons. The Morgan fingerprint density at radius 3 is 2.38 bits per heavy atom. The summed E-state index contributed by atoms with van der Waals surface area (Å²) in [7, 11) is 0. The molecule has 0 spiro atoms. The zero-order valence-corrected chi connectivity index (χ0v) is 12.6. The molecule has 8 nitrogen and oxygen atoms in total. The van der Waals surface area contributed by atoms with Gasteiger partial charge in [-0.2, -0.15) is 0 Å². The lowest BCUT2D eigenvalue weighted by molar-refractivity contribution is -0.137. The Hall–Kier alpha value is -1.96. The summed E-state index contributed by atoms with van der Waals surface area (Å²) < 4.78 is 1.15. The van der Waals surface area contributed by atoms with Gasteiger partial charge in [-0.25, -0.2) is 4.68 Å². The number of nitrogens with zero attached hydrogens (tertiary/aromatic N) is 5. The van der Waals surface area contributed by atoms with E-state index in [-0.39, 0.29) is 23.7 Å². The summed E-state index contributed by atoms with van der Waals surface area (Å²) >= 11 is 0. The highest BCUT2D eigenvalue weighted by Crippen LogP contribution is 2.16. The maximum absolute atomic E-state index is 12.3. The lowest BCUT2D eigenvalue weighted by Crippen LogP contribution is -2.54. The van der Waals surface area contributed by atoms with Gasteiger partial charge in [-0.05, 0) is 20.8 Å². The molecule has 0 atom stereocenters. The summed E-state index contributed by atoms with van der Waals surface area (Å²) in [6, 6.07) is 0. The van der Waals surface area contributed by atoms with Crippen LogP contribution in [-0.2, 0) is 11.3 Å². The topological polar surface area (TPSA) is 91.6 Å². The summed E-state index contributed by atoms with van der Waals surface area (Å²) in [5.41, 5.74) is 0.292. The molecule has 0 saturated carbocycles. The van der Waals surface area contributed by atoms with Crippen LogP contribution in [0.15, 0.2) is 6.20 Å². The molecule has 0 aromatic carbocycles. The number of rotatable bonds is 3. The summed E-state index contributed by atoms with van der Waals surface area (Å²) in [6.45, 7) is 9.09. The zero-order valence-electron chi connectivity index (χ0n) is 12.6. The third kappa shape index (κ3) is 3.78. The maximum atomic E-state index is 12.3. The Morgan fingerprint density at radius 1 is 1.24 bits per heavy atom. The number of hydrogen-bond acceptors (Lipinski definition) is 5. The molecular weight excluding hydrogens is 274 g/mol. The number of piperazine rings is 1. The number of carboxylic acid groups (broad SMARTS) is 1. The molecule has 0 unspecified atom stereocenters. The van der Waals surface area contributed by atoms with Crippen molar-refractivity contribution in [2.24, 2.45) is 0 Å². The molecule has 1 aliphatic heterocycles. The Balaban J connectivity index is 1.96. The second-order valence-electron chi connectivity index (χ2n) is 6.15. The van der Waals surface area contributed by atoms with Gasteiger partial charge in [0.25, 0.3) is 5.91 Å². The largest absolute Gasteiger partial charge is 0.480 e. The van der Waals surface area contributed by atoms with Crippen LogP contribution in [0.4, 0.5) is 0 Å². The predicted molar refractivity (Wildman–Crippen MR) is 74.9 cm³/mol. The fourth-order valence-electron chi connectivity index (χ4n) is 2.35. The molecule has 1 N–H and O–H groups in total. The van der Waals surface area contributed by atoms with E-state index in [4.69, 9.17) is 5.11 Å². The van der Waals surface area contributed by atoms with Crippen LogP contribution in [0.25, 0.3) is 0 Å². The van der Waals surface area contributed by atoms with E-state index >= 15 is 0 Å². The molecule has 2 rings (SSSR count). The standard InChI is InChI=1S/C13H21N5O3/c1-13(2,3)17-6-4-16(5-7-17)12(21)10-8-18(15-14-10)9-11(19)20/h8H,4-7,9H2,1-3H3,(H,19,20). The number of carboxylic acids is 1. The lowest BCUT2D eigenvalue weighted by Gasteiger charge is -2.42. The third-order valence-corrected chi connectivity index (χ3v) is 3.57. The zero-order chi connectivity index (χ0) is 15.6. The summed E-state index contributed by atoms with van der Waals surface area (Å²) in [6.07, 6.45) is 1.38. The van der Waals surface area contributed by atoms with Gasteiger partial charge >= 0.3 is 5.97 Å². The Morgan fingerprint density at radius 2 is 1.86 bits per heavy atom. The predicted octanol–water partition coefficient (Wildman–Crippen LogP) is -0.0810. The Bertz CT molecular complexity index is 526. The van der Waals surface area contributed by atoms with Crippen molar-refractivity contribution in [1.29, 1.82) is 0 Å². The van der Waals surface area contributed by atoms with E-state index < -0.39 is 5.97 Å². The highest BCUT2D eigenvalue weighted by Gasteiger charge is 2.29. The van der Waals surface area contributed by atoms with Crippen molar-refractivity contribution < 1.29 is 14.7 Å². The summed E-state index contributed by atoms with van der Waals surface area (Å²) in [5, 5.41) is 16.1. The first-order valence-electron chi connectivity index (χ1n) is 6.93. The van der Waals surface area contributed by atoms with Crippen LogP contribution in [-0.4, -0.2) is 73.5 Å². The number of hydrogen-bond donors (Lipinski definition) is 1. The van der Waals surface area contributed by atoms with Gasteiger partial charge in [0, 0.05) is 31.7 Å². The highest BCUT2D eigenvalue weighted by atomic mass is 16.4. The van der Waals surface area contributed by atoms with Crippen LogP contribution in [0.1, 0.15) is 31.3 Å².